The van der Waals surface area contributed by atoms with Gasteiger partial charge in [-0.3, -0.25) is 4.79 Å². The molecular formula is C13H16O2. The average molecular weight is 204 g/mol. The first-order chi connectivity index (χ1) is 7.15. The summed E-state index contributed by atoms with van der Waals surface area (Å²) < 4.78 is 4.56. The van der Waals surface area contributed by atoms with E-state index in [4.69, 9.17) is 0 Å². The molecule has 0 heterocycles. The Morgan fingerprint density at radius 1 is 1.33 bits per heavy atom. The smallest absolute Gasteiger partial charge is 0.309 e. The van der Waals surface area contributed by atoms with E-state index in [2.05, 4.69) is 30.7 Å². The Balaban J connectivity index is 2.76. The molecule has 0 aromatic heterocycles. The summed E-state index contributed by atoms with van der Waals surface area (Å²) in [6.45, 7) is 4.12. The second kappa shape index (κ2) is 5.35. The Morgan fingerprint density at radius 3 is 2.47 bits per heavy atom. The van der Waals surface area contributed by atoms with Crippen LogP contribution in [0.3, 0.4) is 0 Å². The zero-order chi connectivity index (χ0) is 11.3. The number of esters is 1. The molecule has 80 valence electrons. The standard InChI is InChI=1S/C13H16O2/c1-10-6-4-7-11(2)12(10)8-5-9-13(14)15-3/h4-8H,9H2,1-3H3. The number of rotatable bonds is 3. The number of carbonyl (C=O) groups is 1. The van der Waals surface area contributed by atoms with E-state index >= 15 is 0 Å². The molecule has 0 saturated carbocycles. The summed E-state index contributed by atoms with van der Waals surface area (Å²) in [5, 5.41) is 0. The second-order valence-corrected chi connectivity index (χ2v) is 3.49. The number of ether oxygens (including phenoxy) is 1. The maximum atomic E-state index is 10.9. The molecule has 1 aromatic rings. The van der Waals surface area contributed by atoms with E-state index < -0.39 is 0 Å². The van der Waals surface area contributed by atoms with Gasteiger partial charge in [0.05, 0.1) is 13.5 Å². The summed E-state index contributed by atoms with van der Waals surface area (Å²) in [5.41, 5.74) is 3.62. The minimum absolute atomic E-state index is 0.211. The van der Waals surface area contributed by atoms with Gasteiger partial charge in [0.2, 0.25) is 0 Å². The van der Waals surface area contributed by atoms with Gasteiger partial charge in [-0.15, -0.1) is 0 Å². The summed E-state index contributed by atoms with van der Waals surface area (Å²) in [6, 6.07) is 6.15. The van der Waals surface area contributed by atoms with Crippen molar-refractivity contribution in [1.82, 2.24) is 0 Å². The van der Waals surface area contributed by atoms with Crippen LogP contribution in [-0.4, -0.2) is 13.1 Å². The van der Waals surface area contributed by atoms with Gasteiger partial charge < -0.3 is 4.74 Å². The van der Waals surface area contributed by atoms with Gasteiger partial charge >= 0.3 is 5.97 Å². The molecule has 1 aromatic carbocycles. The molecule has 0 spiro atoms. The third kappa shape index (κ3) is 3.24. The molecule has 0 fully saturated rings. The van der Waals surface area contributed by atoms with Crippen molar-refractivity contribution in [1.29, 1.82) is 0 Å². The molecule has 0 N–H and O–H groups in total. The van der Waals surface area contributed by atoms with Crippen LogP contribution < -0.4 is 0 Å². The lowest BCUT2D eigenvalue weighted by atomic mass is 10.0. The van der Waals surface area contributed by atoms with Crippen molar-refractivity contribution in [3.8, 4) is 0 Å². The zero-order valence-electron chi connectivity index (χ0n) is 9.41. The predicted molar refractivity (Wildman–Crippen MR) is 61.6 cm³/mol. The van der Waals surface area contributed by atoms with Crippen molar-refractivity contribution in [2.24, 2.45) is 0 Å². The Kier molecular flexibility index (Phi) is 4.10. The van der Waals surface area contributed by atoms with Crippen LogP contribution in [0.1, 0.15) is 23.1 Å². The van der Waals surface area contributed by atoms with Crippen LogP contribution in [0, 0.1) is 13.8 Å². The van der Waals surface area contributed by atoms with Crippen LogP contribution in [0.15, 0.2) is 24.3 Å². The molecule has 0 amide bonds. The molecular weight excluding hydrogens is 188 g/mol. The van der Waals surface area contributed by atoms with Crippen molar-refractivity contribution in [2.45, 2.75) is 20.3 Å². The number of hydrogen-bond donors (Lipinski definition) is 0. The molecule has 2 nitrogen and oxygen atoms in total. The zero-order valence-corrected chi connectivity index (χ0v) is 9.41. The van der Waals surface area contributed by atoms with E-state index in [-0.39, 0.29) is 5.97 Å². The van der Waals surface area contributed by atoms with E-state index in [0.717, 1.165) is 0 Å². The van der Waals surface area contributed by atoms with Gasteiger partial charge in [0.15, 0.2) is 0 Å². The highest BCUT2D eigenvalue weighted by Crippen LogP contribution is 2.15. The summed E-state index contributed by atoms with van der Waals surface area (Å²) in [7, 11) is 1.40. The molecule has 0 atom stereocenters. The Hall–Kier alpha value is -1.57. The van der Waals surface area contributed by atoms with Crippen molar-refractivity contribution in [3.05, 3.63) is 41.0 Å². The van der Waals surface area contributed by atoms with Gasteiger partial charge in [0.25, 0.3) is 0 Å². The topological polar surface area (TPSA) is 26.3 Å². The molecule has 1 rings (SSSR count). The summed E-state index contributed by atoms with van der Waals surface area (Å²) >= 11 is 0. The van der Waals surface area contributed by atoms with Gasteiger partial charge in [0.1, 0.15) is 0 Å². The van der Waals surface area contributed by atoms with E-state index in [1.54, 1.807) is 0 Å². The van der Waals surface area contributed by atoms with Gasteiger partial charge in [-0.1, -0.05) is 30.4 Å². The molecule has 0 aliphatic carbocycles. The fourth-order valence-corrected chi connectivity index (χ4v) is 1.45. The van der Waals surface area contributed by atoms with Crippen LogP contribution in [0.5, 0.6) is 0 Å². The highest BCUT2D eigenvalue weighted by Gasteiger charge is 1.98. The quantitative estimate of drug-likeness (QED) is 0.708. The number of benzene rings is 1. The van der Waals surface area contributed by atoms with E-state index in [1.165, 1.54) is 23.8 Å². The lowest BCUT2D eigenvalue weighted by Gasteiger charge is -2.03. The molecule has 0 aliphatic rings. The fourth-order valence-electron chi connectivity index (χ4n) is 1.45. The molecule has 0 radical (unpaired) electrons. The number of methoxy groups -OCH3 is 1. The Labute approximate surface area is 90.6 Å². The monoisotopic (exact) mass is 204 g/mol. The maximum Gasteiger partial charge on any atom is 0.309 e. The highest BCUT2D eigenvalue weighted by atomic mass is 16.5. The third-order valence-corrected chi connectivity index (χ3v) is 2.34. The molecule has 0 aliphatic heterocycles. The van der Waals surface area contributed by atoms with Crippen LogP contribution in [0.25, 0.3) is 6.08 Å². The minimum atomic E-state index is -0.211. The maximum absolute atomic E-state index is 10.9. The van der Waals surface area contributed by atoms with Crippen molar-refractivity contribution >= 4 is 12.0 Å². The SMILES string of the molecule is COC(=O)CC=Cc1c(C)cccc1C. The van der Waals surface area contributed by atoms with Crippen LogP contribution >= 0.6 is 0 Å². The van der Waals surface area contributed by atoms with Gasteiger partial charge in [-0.05, 0) is 30.5 Å². The molecule has 2 heteroatoms. The molecule has 0 saturated heterocycles. The summed E-state index contributed by atoms with van der Waals surface area (Å²) in [6.07, 6.45) is 4.13. The lowest BCUT2D eigenvalue weighted by molar-refractivity contribution is -0.139. The predicted octanol–water partition coefficient (Wildman–Crippen LogP) is 2.88. The number of aryl methyl sites for hydroxylation is 2. The van der Waals surface area contributed by atoms with E-state index in [9.17, 15) is 4.79 Å². The largest absolute Gasteiger partial charge is 0.469 e. The Morgan fingerprint density at radius 2 is 1.93 bits per heavy atom. The lowest BCUT2D eigenvalue weighted by Crippen LogP contribution is -1.96. The first-order valence-electron chi connectivity index (χ1n) is 4.94. The fraction of sp³-hybridized carbons (Fsp3) is 0.308. The molecule has 0 unspecified atom stereocenters. The highest BCUT2D eigenvalue weighted by molar-refractivity contribution is 5.73. The van der Waals surface area contributed by atoms with Gasteiger partial charge in [-0.25, -0.2) is 0 Å². The van der Waals surface area contributed by atoms with Gasteiger partial charge in [0, 0.05) is 0 Å². The van der Waals surface area contributed by atoms with Crippen LogP contribution in [-0.2, 0) is 9.53 Å². The average Bonchev–Trinajstić information content (AvgIpc) is 2.22. The van der Waals surface area contributed by atoms with Crippen LogP contribution in [0.2, 0.25) is 0 Å². The normalized spacial score (nSPS) is 10.6. The molecule has 15 heavy (non-hydrogen) atoms. The second-order valence-electron chi connectivity index (χ2n) is 3.49. The summed E-state index contributed by atoms with van der Waals surface area (Å²) in [5.74, 6) is -0.211. The first kappa shape index (κ1) is 11.5. The Bertz CT molecular complexity index is 358. The number of carbonyl (C=O) groups excluding carboxylic acids is 1. The van der Waals surface area contributed by atoms with Crippen LogP contribution in [0.4, 0.5) is 0 Å². The minimum Gasteiger partial charge on any atom is -0.469 e. The third-order valence-electron chi connectivity index (χ3n) is 2.34. The first-order valence-corrected chi connectivity index (χ1v) is 4.94. The number of hydrogen-bond acceptors (Lipinski definition) is 2. The summed E-state index contributed by atoms with van der Waals surface area (Å²) in [4.78, 5) is 10.9. The van der Waals surface area contributed by atoms with Crippen molar-refractivity contribution in [2.75, 3.05) is 7.11 Å². The van der Waals surface area contributed by atoms with Gasteiger partial charge in [-0.2, -0.15) is 0 Å². The molecule has 0 bridgehead atoms. The van der Waals surface area contributed by atoms with E-state index in [0.29, 0.717) is 6.42 Å². The van der Waals surface area contributed by atoms with E-state index in [1.807, 2.05) is 18.2 Å². The van der Waals surface area contributed by atoms with Crippen molar-refractivity contribution in [3.63, 3.8) is 0 Å². The van der Waals surface area contributed by atoms with Crippen molar-refractivity contribution < 1.29 is 9.53 Å².